The van der Waals surface area contributed by atoms with Gasteiger partial charge in [0, 0.05) is 51.4 Å². The maximum atomic E-state index is 14.7. The minimum atomic E-state index is -1.72. The zero-order valence-electron chi connectivity index (χ0n) is 56.7. The van der Waals surface area contributed by atoms with Crippen LogP contribution >= 0.6 is 12.6 Å². The summed E-state index contributed by atoms with van der Waals surface area (Å²) in [6, 6.07) is -14.2. The monoisotopic (exact) mass is 1440 g/mol. The molecule has 0 bridgehead atoms. The van der Waals surface area contributed by atoms with Crippen molar-refractivity contribution in [2.24, 2.45) is 127 Å². The van der Waals surface area contributed by atoms with Crippen LogP contribution in [0.5, 0.6) is 0 Å². The summed E-state index contributed by atoms with van der Waals surface area (Å²) in [5, 5.41) is 23.3. The summed E-state index contributed by atoms with van der Waals surface area (Å²) in [6.07, 6.45) is 0.387. The first kappa shape index (κ1) is 90.0. The van der Waals surface area contributed by atoms with Crippen LogP contribution in [0.15, 0.2) is 30.0 Å². The molecule has 0 aromatic carbocycles. The van der Waals surface area contributed by atoms with Gasteiger partial charge >= 0.3 is 0 Å². The van der Waals surface area contributed by atoms with Gasteiger partial charge in [-0.3, -0.25) is 82.7 Å². The third kappa shape index (κ3) is 42.6. The Morgan fingerprint density at radius 2 is 0.470 bits per heavy atom. The smallest absolute Gasteiger partial charge is 0.243 e. The average Bonchev–Trinajstić information content (AvgIpc) is 0.866. The molecule has 11 amide bonds. The predicted octanol–water partition coefficient (Wildman–Crippen LogP) is -12.1. The van der Waals surface area contributed by atoms with Gasteiger partial charge in [0.05, 0.1) is 6.04 Å². The molecule has 0 saturated carbocycles. The van der Waals surface area contributed by atoms with E-state index < -0.39 is 138 Å². The molecule has 100 heavy (non-hydrogen) atoms. The quantitative estimate of drug-likeness (QED) is 0.0116. The maximum absolute atomic E-state index is 14.7. The van der Waals surface area contributed by atoms with Crippen LogP contribution in [0.3, 0.4) is 0 Å². The average molecular weight is 1440 g/mol. The summed E-state index contributed by atoms with van der Waals surface area (Å²) >= 11 is 4.08. The highest BCUT2D eigenvalue weighted by Crippen LogP contribution is 2.13. The number of carbonyl (C=O) groups excluding carboxylic acids is 11. The number of aliphatic imine (C=N–C) groups is 6. The van der Waals surface area contributed by atoms with Crippen molar-refractivity contribution in [2.75, 3.05) is 58.1 Å². The number of guanidine groups is 6. The highest BCUT2D eigenvalue weighted by Gasteiger charge is 2.36. The Kier molecular flexibility index (Phi) is 46.9. The summed E-state index contributed by atoms with van der Waals surface area (Å²) in [6.45, 7) is 0.436. The second-order valence-corrected chi connectivity index (χ2v) is 23.4. The first-order valence-corrected chi connectivity index (χ1v) is 33.3. The van der Waals surface area contributed by atoms with E-state index in [9.17, 15) is 52.7 Å². The fourth-order valence-electron chi connectivity index (χ4n) is 9.25. The van der Waals surface area contributed by atoms with Crippen molar-refractivity contribution in [3.63, 3.8) is 0 Å². The lowest BCUT2D eigenvalue weighted by atomic mass is 10.0. The zero-order chi connectivity index (χ0) is 75.7. The second kappa shape index (κ2) is 52.1. The van der Waals surface area contributed by atoms with E-state index in [1.165, 1.54) is 0 Å². The SMILES string of the molecule is NCCCC[C@H](NC(=O)[C@H](CCCCN)NC(=O)[C@@H](N)CCCN=C(N)N)C(=O)N[C@@H](CCCN=C(N)N)C(=O)N[C@@H](CCCN=C(N)N)C(=O)N[C@@H](CCC(N)=O)C(=O)N[C@@H](CCCN=C(N)N)C(=O)N[C@@H](CCCN=C(N)N)C(=O)N[C@@H](CCCN=C(N)N)C(=O)N[C@@H](CS)C(N)=O. The van der Waals surface area contributed by atoms with Crippen molar-refractivity contribution in [1.29, 1.82) is 0 Å². The van der Waals surface area contributed by atoms with Crippen molar-refractivity contribution < 1.29 is 52.7 Å². The van der Waals surface area contributed by atoms with E-state index in [1.807, 2.05) is 0 Å². The first-order valence-electron chi connectivity index (χ1n) is 32.7. The molecular weight excluding hydrogens is 1330 g/mol. The molecule has 0 rings (SSSR count). The van der Waals surface area contributed by atoms with E-state index in [-0.39, 0.29) is 177 Å². The topological polar surface area (TPSA) is 813 Å². The fourth-order valence-corrected chi connectivity index (χ4v) is 9.53. The Morgan fingerprint density at radius 1 is 0.270 bits per heavy atom. The molecule has 0 aromatic heterocycles. The number of nitrogens with zero attached hydrogens (tertiary/aromatic N) is 6. The van der Waals surface area contributed by atoms with Gasteiger partial charge in [-0.2, -0.15) is 12.6 Å². The van der Waals surface area contributed by atoms with E-state index in [2.05, 4.69) is 90.4 Å². The number of primary amides is 2. The van der Waals surface area contributed by atoms with Crippen molar-refractivity contribution in [3.8, 4) is 0 Å². The van der Waals surface area contributed by atoms with Gasteiger partial charge in [-0.05, 0) is 135 Å². The second-order valence-electron chi connectivity index (χ2n) is 23.0. The lowest BCUT2D eigenvalue weighted by Gasteiger charge is -2.28. The van der Waals surface area contributed by atoms with Gasteiger partial charge in [-0.1, -0.05) is 0 Å². The molecule has 0 unspecified atom stereocenters. The molecule has 43 N–H and O–H groups in total. The minimum absolute atomic E-state index is 0.00208. The molecule has 10 atom stereocenters. The van der Waals surface area contributed by atoms with Gasteiger partial charge in [0.15, 0.2) is 35.8 Å². The first-order chi connectivity index (χ1) is 47.3. The van der Waals surface area contributed by atoms with Crippen LogP contribution in [-0.4, -0.2) is 219 Å². The molecule has 44 heteroatoms. The number of unbranched alkanes of at least 4 members (excludes halogenated alkanes) is 2. The summed E-state index contributed by atoms with van der Waals surface area (Å²) in [7, 11) is 0. The van der Waals surface area contributed by atoms with Gasteiger partial charge in [0.1, 0.15) is 54.4 Å². The molecule has 0 heterocycles. The van der Waals surface area contributed by atoms with Gasteiger partial charge in [0.25, 0.3) is 0 Å². The molecule has 0 aliphatic heterocycles. The van der Waals surface area contributed by atoms with Crippen LogP contribution in [-0.2, 0) is 52.7 Å². The Morgan fingerprint density at radius 3 is 0.670 bits per heavy atom. The fraction of sp³-hybridized carbons (Fsp3) is 0.696. The normalized spacial score (nSPS) is 13.8. The third-order valence-corrected chi connectivity index (χ3v) is 14.9. The van der Waals surface area contributed by atoms with Crippen molar-refractivity contribution in [1.82, 2.24) is 47.9 Å². The van der Waals surface area contributed by atoms with Crippen LogP contribution in [0.25, 0.3) is 0 Å². The molecule has 0 spiro atoms. The molecular formula is C56H112N32O11S. The van der Waals surface area contributed by atoms with Crippen molar-refractivity contribution in [3.05, 3.63) is 0 Å². The van der Waals surface area contributed by atoms with E-state index in [0.29, 0.717) is 32.1 Å². The Balaban J connectivity index is 7.64. The molecule has 568 valence electrons. The molecule has 0 fully saturated rings. The van der Waals surface area contributed by atoms with E-state index in [0.717, 1.165) is 0 Å². The lowest BCUT2D eigenvalue weighted by molar-refractivity contribution is -0.136. The summed E-state index contributed by atoms with van der Waals surface area (Å²) in [4.78, 5) is 177. The standard InChI is InChI=1S/C56H112N32O11S/c57-21-3-1-12-31(80-42(91)30(59)11-5-23-74-51(62)63)43(92)81-32(13-2-4-22-58)44(93)82-33(14-6-24-75-52(64)65)45(94)84-36(17-9-27-78-55(70)71)48(97)87-38(19-20-40(60)89)50(99)86-35(16-8-26-77-54(68)69)47(96)83-34(15-7-25-76-53(66)67)46(95)85-37(18-10-28-79-56(72)73)49(98)88-39(29-100)41(61)90/h30-39,100H,1-29,57-59H2,(H2,60,89)(H2,61,90)(H,80,91)(H,81,92)(H,82,93)(H,83,96)(H,84,94)(H,85,95)(H,86,99)(H,87,97)(H,88,98)(H4,62,63,74)(H4,64,65,75)(H4,66,67,76)(H4,68,69,77)(H4,70,71,78)(H4,72,73,79)/t30-,31-,32-,33-,34-,35-,36-,37-,38-,39-/m0/s1. The number of nitrogens with two attached hydrogens (primary N) is 17. The molecule has 0 radical (unpaired) electrons. The van der Waals surface area contributed by atoms with E-state index in [1.54, 1.807) is 0 Å². The lowest BCUT2D eigenvalue weighted by Crippen LogP contribution is -2.60. The van der Waals surface area contributed by atoms with Gasteiger partial charge in [0.2, 0.25) is 65.0 Å². The van der Waals surface area contributed by atoms with Crippen LogP contribution in [0.4, 0.5) is 0 Å². The van der Waals surface area contributed by atoms with E-state index in [4.69, 9.17) is 97.5 Å². The predicted molar refractivity (Wildman–Crippen MR) is 382 cm³/mol. The van der Waals surface area contributed by atoms with Gasteiger partial charge in [-0.15, -0.1) is 0 Å². The largest absolute Gasteiger partial charge is 0.370 e. The highest BCUT2D eigenvalue weighted by molar-refractivity contribution is 7.80. The molecule has 0 aliphatic rings. The number of hydrogen-bond donors (Lipinski definition) is 27. The maximum Gasteiger partial charge on any atom is 0.243 e. The third-order valence-electron chi connectivity index (χ3n) is 14.5. The molecule has 43 nitrogen and oxygen atoms in total. The summed E-state index contributed by atoms with van der Waals surface area (Å²) in [5.74, 6) is -11.8. The highest BCUT2D eigenvalue weighted by atomic mass is 32.1. The Bertz CT molecular complexity index is 2770. The molecule has 0 saturated heterocycles. The van der Waals surface area contributed by atoms with Crippen LogP contribution in [0.1, 0.15) is 128 Å². The van der Waals surface area contributed by atoms with E-state index >= 15 is 0 Å². The van der Waals surface area contributed by atoms with Gasteiger partial charge in [-0.25, -0.2) is 0 Å². The van der Waals surface area contributed by atoms with Crippen molar-refractivity contribution >= 4 is 113 Å². The zero-order valence-corrected chi connectivity index (χ0v) is 57.6. The number of amides is 11. The Hall–Kier alpha value is -9.98. The molecule has 0 aliphatic carbocycles. The number of carbonyl (C=O) groups is 11. The summed E-state index contributed by atoms with van der Waals surface area (Å²) < 4.78 is 0. The van der Waals surface area contributed by atoms with Crippen LogP contribution in [0.2, 0.25) is 0 Å². The minimum Gasteiger partial charge on any atom is -0.370 e. The van der Waals surface area contributed by atoms with Crippen LogP contribution in [0, 0.1) is 0 Å². The molecule has 0 aromatic rings. The summed E-state index contributed by atoms with van der Waals surface area (Å²) in [5.41, 5.74) is 95.0. The number of hydrogen-bond acceptors (Lipinski definition) is 21. The number of rotatable bonds is 55. The van der Waals surface area contributed by atoms with Crippen molar-refractivity contribution in [2.45, 2.75) is 189 Å². The van der Waals surface area contributed by atoms with Crippen LogP contribution < -0.4 is 145 Å². The number of thiol groups is 1. The number of nitrogens with one attached hydrogen (secondary N) is 9. The Labute approximate surface area is 586 Å². The van der Waals surface area contributed by atoms with Gasteiger partial charge < -0.3 is 145 Å².